The molecule has 0 amide bonds. The molecular weight excluding hydrogens is 120 g/mol. The first kappa shape index (κ1) is 5.65. The summed E-state index contributed by atoms with van der Waals surface area (Å²) in [7, 11) is 0. The van der Waals surface area contributed by atoms with E-state index in [2.05, 4.69) is 0 Å². The molecule has 52 valence electrons. The summed E-state index contributed by atoms with van der Waals surface area (Å²) < 4.78 is 10.00. The van der Waals surface area contributed by atoms with Crippen molar-refractivity contribution in [1.29, 1.82) is 0 Å². The van der Waals surface area contributed by atoms with Gasteiger partial charge in [0.15, 0.2) is 0 Å². The van der Waals surface area contributed by atoms with E-state index < -0.39 is 5.60 Å². The van der Waals surface area contributed by atoms with Gasteiger partial charge in [0.25, 0.3) is 0 Å². The summed E-state index contributed by atoms with van der Waals surface area (Å²) in [5.41, 5.74) is -0.639. The average Bonchev–Trinajstić information content (AvgIpc) is 2.60. The Kier molecular flexibility index (Phi) is 1.06. The summed E-state index contributed by atoms with van der Waals surface area (Å²) in [6.45, 7) is 1.84. The van der Waals surface area contributed by atoms with Crippen LogP contribution in [0.15, 0.2) is 0 Å². The third-order valence-electron chi connectivity index (χ3n) is 1.96. The lowest BCUT2D eigenvalue weighted by Gasteiger charge is -2.15. The van der Waals surface area contributed by atoms with Gasteiger partial charge in [0.05, 0.1) is 13.2 Å². The van der Waals surface area contributed by atoms with E-state index in [4.69, 9.17) is 9.47 Å². The molecule has 2 fully saturated rings. The molecule has 2 rings (SSSR count). The molecule has 0 spiro atoms. The van der Waals surface area contributed by atoms with Gasteiger partial charge in [-0.2, -0.15) is 0 Å². The fourth-order valence-electron chi connectivity index (χ4n) is 1.18. The molecule has 9 heavy (non-hydrogen) atoms. The molecule has 0 aromatic rings. The molecule has 0 saturated carbocycles. The van der Waals surface area contributed by atoms with Gasteiger partial charge in [-0.05, 0) is 0 Å². The van der Waals surface area contributed by atoms with E-state index in [1.807, 2.05) is 0 Å². The van der Waals surface area contributed by atoms with Crippen molar-refractivity contribution in [3.63, 3.8) is 0 Å². The van der Waals surface area contributed by atoms with Gasteiger partial charge in [0.1, 0.15) is 11.7 Å². The van der Waals surface area contributed by atoms with Crippen LogP contribution in [0, 0.1) is 0 Å². The lowest BCUT2D eigenvalue weighted by Crippen LogP contribution is -2.35. The van der Waals surface area contributed by atoms with Crippen LogP contribution in [0.3, 0.4) is 0 Å². The van der Waals surface area contributed by atoms with Crippen LogP contribution in [-0.2, 0) is 9.47 Å². The van der Waals surface area contributed by atoms with Crippen LogP contribution in [0.2, 0.25) is 0 Å². The Morgan fingerprint density at radius 3 is 2.78 bits per heavy atom. The van der Waals surface area contributed by atoms with Crippen molar-refractivity contribution in [2.45, 2.75) is 18.1 Å². The monoisotopic (exact) mass is 130 g/mol. The van der Waals surface area contributed by atoms with Gasteiger partial charge < -0.3 is 14.6 Å². The quantitative estimate of drug-likeness (QED) is 0.488. The summed E-state index contributed by atoms with van der Waals surface area (Å²) in [5.74, 6) is 0. The van der Waals surface area contributed by atoms with Crippen molar-refractivity contribution < 1.29 is 14.6 Å². The molecule has 2 unspecified atom stereocenters. The molecule has 2 heterocycles. The molecule has 2 aliphatic heterocycles. The van der Waals surface area contributed by atoms with Gasteiger partial charge in [-0.1, -0.05) is 0 Å². The highest BCUT2D eigenvalue weighted by Gasteiger charge is 2.48. The van der Waals surface area contributed by atoms with Crippen LogP contribution in [0.25, 0.3) is 0 Å². The van der Waals surface area contributed by atoms with Crippen molar-refractivity contribution in [3.05, 3.63) is 0 Å². The second kappa shape index (κ2) is 1.68. The van der Waals surface area contributed by atoms with Gasteiger partial charge in [-0.25, -0.2) is 0 Å². The maximum Gasteiger partial charge on any atom is 0.118 e. The van der Waals surface area contributed by atoms with Crippen molar-refractivity contribution in [2.24, 2.45) is 0 Å². The standard InChI is InChI=1S/C6H10O3/c7-6(5-3-9-5)1-2-8-4-6/h5,7H,1-4H2. The zero-order chi connectivity index (χ0) is 6.32. The van der Waals surface area contributed by atoms with Gasteiger partial charge >= 0.3 is 0 Å². The predicted molar refractivity (Wildman–Crippen MR) is 30.1 cm³/mol. The molecule has 2 aliphatic rings. The minimum atomic E-state index is -0.639. The topological polar surface area (TPSA) is 42.0 Å². The zero-order valence-corrected chi connectivity index (χ0v) is 5.17. The highest BCUT2D eigenvalue weighted by atomic mass is 16.6. The third kappa shape index (κ3) is 0.852. The Labute approximate surface area is 53.6 Å². The second-order valence-corrected chi connectivity index (χ2v) is 2.73. The number of hydrogen-bond acceptors (Lipinski definition) is 3. The lowest BCUT2D eigenvalue weighted by atomic mass is 10.0. The highest BCUT2D eigenvalue weighted by Crippen LogP contribution is 2.31. The first-order valence-corrected chi connectivity index (χ1v) is 3.23. The van der Waals surface area contributed by atoms with Gasteiger partial charge in [0, 0.05) is 13.0 Å². The number of ether oxygens (including phenoxy) is 2. The maximum atomic E-state index is 9.58. The molecule has 0 bridgehead atoms. The fourth-order valence-corrected chi connectivity index (χ4v) is 1.18. The number of rotatable bonds is 1. The molecule has 3 heteroatoms. The highest BCUT2D eigenvalue weighted by molar-refractivity contribution is 4.96. The molecule has 0 aromatic heterocycles. The summed E-state index contributed by atoms with van der Waals surface area (Å²) >= 11 is 0. The van der Waals surface area contributed by atoms with Crippen LogP contribution in [0.4, 0.5) is 0 Å². The summed E-state index contributed by atoms with van der Waals surface area (Å²) in [5, 5.41) is 9.58. The molecule has 3 nitrogen and oxygen atoms in total. The molecule has 2 atom stereocenters. The Morgan fingerprint density at radius 2 is 2.33 bits per heavy atom. The Morgan fingerprint density at radius 1 is 1.56 bits per heavy atom. The van der Waals surface area contributed by atoms with E-state index in [0.717, 1.165) is 6.42 Å². The Bertz CT molecular complexity index is 113. The van der Waals surface area contributed by atoms with E-state index in [0.29, 0.717) is 19.8 Å². The van der Waals surface area contributed by atoms with Crippen LogP contribution in [0.5, 0.6) is 0 Å². The lowest BCUT2D eigenvalue weighted by molar-refractivity contribution is 0.00254. The first-order chi connectivity index (χ1) is 4.31. The normalized spacial score (nSPS) is 49.7. The molecule has 0 radical (unpaired) electrons. The van der Waals surface area contributed by atoms with E-state index in [9.17, 15) is 5.11 Å². The van der Waals surface area contributed by atoms with Crippen LogP contribution >= 0.6 is 0 Å². The summed E-state index contributed by atoms with van der Waals surface area (Å²) in [6.07, 6.45) is 0.803. The number of aliphatic hydroxyl groups is 1. The van der Waals surface area contributed by atoms with E-state index in [-0.39, 0.29) is 6.10 Å². The number of epoxide rings is 1. The van der Waals surface area contributed by atoms with Crippen LogP contribution in [0.1, 0.15) is 6.42 Å². The van der Waals surface area contributed by atoms with Gasteiger partial charge in [-0.15, -0.1) is 0 Å². The molecule has 0 aromatic carbocycles. The molecule has 0 aliphatic carbocycles. The average molecular weight is 130 g/mol. The van der Waals surface area contributed by atoms with Crippen molar-refractivity contribution in [2.75, 3.05) is 19.8 Å². The van der Waals surface area contributed by atoms with E-state index in [1.165, 1.54) is 0 Å². The Hall–Kier alpha value is -0.120. The Balaban J connectivity index is 2.02. The van der Waals surface area contributed by atoms with E-state index >= 15 is 0 Å². The van der Waals surface area contributed by atoms with Crippen LogP contribution < -0.4 is 0 Å². The SMILES string of the molecule is OC1(C2CO2)CCOC1. The smallest absolute Gasteiger partial charge is 0.118 e. The second-order valence-electron chi connectivity index (χ2n) is 2.73. The number of hydrogen-bond donors (Lipinski definition) is 1. The van der Waals surface area contributed by atoms with Gasteiger partial charge in [-0.3, -0.25) is 0 Å². The van der Waals surface area contributed by atoms with E-state index in [1.54, 1.807) is 0 Å². The van der Waals surface area contributed by atoms with Gasteiger partial charge in [0.2, 0.25) is 0 Å². The molecule has 1 N–H and O–H groups in total. The first-order valence-electron chi connectivity index (χ1n) is 3.23. The van der Waals surface area contributed by atoms with Crippen molar-refractivity contribution in [1.82, 2.24) is 0 Å². The minimum absolute atomic E-state index is 0.0694. The molecule has 2 saturated heterocycles. The molecular formula is C6H10O3. The third-order valence-corrected chi connectivity index (χ3v) is 1.96. The maximum absolute atomic E-state index is 9.58. The summed E-state index contributed by atoms with van der Waals surface area (Å²) in [6, 6.07) is 0. The van der Waals surface area contributed by atoms with Crippen molar-refractivity contribution >= 4 is 0 Å². The minimum Gasteiger partial charge on any atom is -0.385 e. The largest absolute Gasteiger partial charge is 0.385 e. The zero-order valence-electron chi connectivity index (χ0n) is 5.17. The summed E-state index contributed by atoms with van der Waals surface area (Å²) in [4.78, 5) is 0. The van der Waals surface area contributed by atoms with Crippen molar-refractivity contribution in [3.8, 4) is 0 Å². The fraction of sp³-hybridized carbons (Fsp3) is 1.00. The predicted octanol–water partition coefficient (Wildman–Crippen LogP) is -0.463. The van der Waals surface area contributed by atoms with Crippen LogP contribution in [-0.4, -0.2) is 36.6 Å².